The lowest BCUT2D eigenvalue weighted by Gasteiger charge is -2.19. The van der Waals surface area contributed by atoms with Gasteiger partial charge in [-0.05, 0) is 37.6 Å². The molecule has 2 unspecified atom stereocenters. The first kappa shape index (κ1) is 15.1. The van der Waals surface area contributed by atoms with Gasteiger partial charge in [-0.3, -0.25) is 4.79 Å². The molecule has 2 rings (SSSR count). The summed E-state index contributed by atoms with van der Waals surface area (Å²) in [7, 11) is 0. The van der Waals surface area contributed by atoms with Crippen LogP contribution in [0.15, 0.2) is 54.6 Å². The second kappa shape index (κ2) is 6.90. The second-order valence-electron chi connectivity index (χ2n) is 4.95. The molecule has 21 heavy (non-hydrogen) atoms. The minimum Gasteiger partial charge on any atom is -0.399 e. The topological polar surface area (TPSA) is 64.3 Å². The average molecular weight is 284 g/mol. The Morgan fingerprint density at radius 1 is 1.10 bits per heavy atom. The molecule has 0 aromatic heterocycles. The van der Waals surface area contributed by atoms with Crippen LogP contribution in [0.25, 0.3) is 0 Å². The number of nitrogens with two attached hydrogens (primary N) is 1. The first-order chi connectivity index (χ1) is 10.1. The molecular formula is C17H20N2O2. The molecule has 0 bridgehead atoms. The van der Waals surface area contributed by atoms with Crippen LogP contribution in [-0.4, -0.2) is 12.0 Å². The van der Waals surface area contributed by atoms with Gasteiger partial charge in [0.15, 0.2) is 0 Å². The molecule has 2 aromatic carbocycles. The zero-order valence-corrected chi connectivity index (χ0v) is 12.2. The standard InChI is InChI=1S/C17H20N2O2/c1-12(14-7-4-3-5-8-14)21-13(2)17(20)19-16-10-6-9-15(18)11-16/h3-13H,18H2,1-2H3,(H,19,20). The molecule has 4 nitrogen and oxygen atoms in total. The molecule has 110 valence electrons. The number of nitrogens with one attached hydrogen (secondary N) is 1. The Bertz CT molecular complexity index is 599. The number of hydrogen-bond donors (Lipinski definition) is 2. The van der Waals surface area contributed by atoms with Crippen LogP contribution in [0.3, 0.4) is 0 Å². The fourth-order valence-electron chi connectivity index (χ4n) is 2.03. The minimum absolute atomic E-state index is 0.146. The second-order valence-corrected chi connectivity index (χ2v) is 4.95. The molecule has 0 aliphatic rings. The third-order valence-corrected chi connectivity index (χ3v) is 3.20. The Labute approximate surface area is 124 Å². The number of hydrogen-bond acceptors (Lipinski definition) is 3. The van der Waals surface area contributed by atoms with Crippen LogP contribution in [-0.2, 0) is 9.53 Å². The summed E-state index contributed by atoms with van der Waals surface area (Å²) in [5.41, 5.74) is 8.01. The summed E-state index contributed by atoms with van der Waals surface area (Å²) in [6, 6.07) is 16.9. The van der Waals surface area contributed by atoms with E-state index in [-0.39, 0.29) is 12.0 Å². The van der Waals surface area contributed by atoms with Crippen molar-refractivity contribution in [2.75, 3.05) is 11.1 Å². The zero-order chi connectivity index (χ0) is 15.2. The van der Waals surface area contributed by atoms with Crippen LogP contribution in [0, 0.1) is 0 Å². The molecule has 0 aliphatic carbocycles. The number of rotatable bonds is 5. The summed E-state index contributed by atoms with van der Waals surface area (Å²) < 4.78 is 5.76. The van der Waals surface area contributed by atoms with Gasteiger partial charge in [0.05, 0.1) is 6.10 Å². The zero-order valence-electron chi connectivity index (χ0n) is 12.2. The molecule has 2 aromatic rings. The number of carbonyl (C=O) groups is 1. The van der Waals surface area contributed by atoms with Gasteiger partial charge in [-0.25, -0.2) is 0 Å². The van der Waals surface area contributed by atoms with Gasteiger partial charge < -0.3 is 15.8 Å². The lowest BCUT2D eigenvalue weighted by Crippen LogP contribution is -2.28. The van der Waals surface area contributed by atoms with E-state index < -0.39 is 6.10 Å². The Morgan fingerprint density at radius 2 is 1.81 bits per heavy atom. The number of anilines is 2. The Balaban J connectivity index is 1.93. The average Bonchev–Trinajstić information content (AvgIpc) is 2.48. The molecule has 0 heterocycles. The highest BCUT2D eigenvalue weighted by atomic mass is 16.5. The fraction of sp³-hybridized carbons (Fsp3) is 0.235. The first-order valence-electron chi connectivity index (χ1n) is 6.93. The number of benzene rings is 2. The van der Waals surface area contributed by atoms with Crippen LogP contribution in [0.4, 0.5) is 11.4 Å². The molecule has 3 N–H and O–H groups in total. The highest BCUT2D eigenvalue weighted by Gasteiger charge is 2.17. The summed E-state index contributed by atoms with van der Waals surface area (Å²) in [5.74, 6) is -0.191. The summed E-state index contributed by atoms with van der Waals surface area (Å²) in [6.45, 7) is 3.67. The molecule has 0 radical (unpaired) electrons. The first-order valence-corrected chi connectivity index (χ1v) is 6.93. The molecule has 0 spiro atoms. The fourth-order valence-corrected chi connectivity index (χ4v) is 2.03. The van der Waals surface area contributed by atoms with Crippen LogP contribution in [0.1, 0.15) is 25.5 Å². The summed E-state index contributed by atoms with van der Waals surface area (Å²) in [5, 5.41) is 2.80. The van der Waals surface area contributed by atoms with Crippen molar-refractivity contribution < 1.29 is 9.53 Å². The van der Waals surface area contributed by atoms with Crippen LogP contribution in [0.2, 0.25) is 0 Å². The highest BCUT2D eigenvalue weighted by molar-refractivity contribution is 5.94. The van der Waals surface area contributed by atoms with Crippen LogP contribution in [0.5, 0.6) is 0 Å². The predicted octanol–water partition coefficient (Wildman–Crippen LogP) is 3.37. The summed E-state index contributed by atoms with van der Waals surface area (Å²) >= 11 is 0. The maximum atomic E-state index is 12.1. The van der Waals surface area contributed by atoms with Crippen molar-refractivity contribution in [2.24, 2.45) is 0 Å². The normalized spacial score (nSPS) is 13.4. The number of amides is 1. The molecule has 0 fully saturated rings. The van der Waals surface area contributed by atoms with Gasteiger partial charge >= 0.3 is 0 Å². The largest absolute Gasteiger partial charge is 0.399 e. The van der Waals surface area contributed by atoms with E-state index in [0.29, 0.717) is 11.4 Å². The van der Waals surface area contributed by atoms with Crippen molar-refractivity contribution in [3.05, 3.63) is 60.2 Å². The van der Waals surface area contributed by atoms with Gasteiger partial charge in [0.25, 0.3) is 5.91 Å². The highest BCUT2D eigenvalue weighted by Crippen LogP contribution is 2.19. The number of ether oxygens (including phenoxy) is 1. The van der Waals surface area contributed by atoms with E-state index in [1.54, 1.807) is 31.2 Å². The summed E-state index contributed by atoms with van der Waals surface area (Å²) in [4.78, 5) is 12.1. The van der Waals surface area contributed by atoms with Crippen LogP contribution < -0.4 is 11.1 Å². The lowest BCUT2D eigenvalue weighted by molar-refractivity contribution is -0.129. The van der Waals surface area contributed by atoms with Crippen molar-refractivity contribution in [2.45, 2.75) is 26.1 Å². The van der Waals surface area contributed by atoms with Gasteiger partial charge in [0.2, 0.25) is 0 Å². The molecule has 0 aliphatic heterocycles. The Hall–Kier alpha value is -2.33. The Morgan fingerprint density at radius 3 is 2.48 bits per heavy atom. The van der Waals surface area contributed by atoms with Crippen LogP contribution >= 0.6 is 0 Å². The number of carbonyl (C=O) groups excluding carboxylic acids is 1. The van der Waals surface area contributed by atoms with Crippen molar-refractivity contribution in [3.8, 4) is 0 Å². The van der Waals surface area contributed by atoms with E-state index in [0.717, 1.165) is 5.56 Å². The van der Waals surface area contributed by atoms with E-state index in [1.165, 1.54) is 0 Å². The molecule has 0 saturated heterocycles. The van der Waals surface area contributed by atoms with E-state index in [1.807, 2.05) is 37.3 Å². The minimum atomic E-state index is -0.554. The molecule has 1 amide bonds. The van der Waals surface area contributed by atoms with Gasteiger partial charge in [-0.1, -0.05) is 36.4 Å². The molecular weight excluding hydrogens is 264 g/mol. The van der Waals surface area contributed by atoms with Gasteiger partial charge in [0, 0.05) is 11.4 Å². The van der Waals surface area contributed by atoms with E-state index in [2.05, 4.69) is 5.32 Å². The van der Waals surface area contributed by atoms with Gasteiger partial charge in [0.1, 0.15) is 6.10 Å². The van der Waals surface area contributed by atoms with E-state index in [4.69, 9.17) is 10.5 Å². The van der Waals surface area contributed by atoms with Gasteiger partial charge in [-0.2, -0.15) is 0 Å². The monoisotopic (exact) mass is 284 g/mol. The third-order valence-electron chi connectivity index (χ3n) is 3.20. The number of nitrogen functional groups attached to an aromatic ring is 1. The smallest absolute Gasteiger partial charge is 0.253 e. The van der Waals surface area contributed by atoms with Crippen molar-refractivity contribution in [1.82, 2.24) is 0 Å². The quantitative estimate of drug-likeness (QED) is 0.827. The van der Waals surface area contributed by atoms with Gasteiger partial charge in [-0.15, -0.1) is 0 Å². The molecule has 2 atom stereocenters. The maximum Gasteiger partial charge on any atom is 0.253 e. The van der Waals surface area contributed by atoms with E-state index in [9.17, 15) is 4.79 Å². The molecule has 4 heteroatoms. The Kier molecular flexibility index (Phi) is 4.95. The summed E-state index contributed by atoms with van der Waals surface area (Å²) in [6.07, 6.45) is -0.700. The SMILES string of the molecule is CC(OC(C)c1ccccc1)C(=O)Nc1cccc(N)c1. The van der Waals surface area contributed by atoms with Crippen molar-refractivity contribution >= 4 is 17.3 Å². The van der Waals surface area contributed by atoms with E-state index >= 15 is 0 Å². The predicted molar refractivity (Wildman–Crippen MR) is 84.9 cm³/mol. The molecule has 0 saturated carbocycles. The van der Waals surface area contributed by atoms with Crippen molar-refractivity contribution in [1.29, 1.82) is 0 Å². The van der Waals surface area contributed by atoms with Crippen molar-refractivity contribution in [3.63, 3.8) is 0 Å². The lowest BCUT2D eigenvalue weighted by atomic mass is 10.1. The maximum absolute atomic E-state index is 12.1. The third kappa shape index (κ3) is 4.33.